The average molecular weight is 1590 g/mol. The van der Waals surface area contributed by atoms with Gasteiger partial charge in [-0.25, -0.2) is 0 Å². The minimum absolute atomic E-state index is 0.877. The molecule has 0 radical (unpaired) electrons. The molecule has 124 heavy (non-hydrogen) atoms. The summed E-state index contributed by atoms with van der Waals surface area (Å²) in [7, 11) is 0. The van der Waals surface area contributed by atoms with E-state index in [1.54, 1.807) is 0 Å². The van der Waals surface area contributed by atoms with Crippen LogP contribution in [-0.4, -0.2) is 9.13 Å². The maximum absolute atomic E-state index is 6.96. The molecular weight excluding hydrogens is 1510 g/mol. The molecule has 0 fully saturated rings. The highest BCUT2D eigenvalue weighted by molar-refractivity contribution is 6.20. The molecule has 23 aromatic rings. The number of furan rings is 2. The highest BCUT2D eigenvalue weighted by Crippen LogP contribution is 2.48. The highest BCUT2D eigenvalue weighted by atomic mass is 16.3. The van der Waals surface area contributed by atoms with Crippen LogP contribution in [0, 0.1) is 0 Å². The molecule has 584 valence electrons. The van der Waals surface area contributed by atoms with Gasteiger partial charge in [-0.15, -0.1) is 0 Å². The van der Waals surface area contributed by atoms with E-state index in [0.717, 1.165) is 134 Å². The Labute approximate surface area is 719 Å². The Hall–Kier alpha value is -16.5. The van der Waals surface area contributed by atoms with E-state index < -0.39 is 0 Å². The van der Waals surface area contributed by atoms with Crippen molar-refractivity contribution in [2.75, 3.05) is 9.80 Å². The van der Waals surface area contributed by atoms with Gasteiger partial charge >= 0.3 is 0 Å². The molecule has 0 aliphatic heterocycles. The predicted molar refractivity (Wildman–Crippen MR) is 519 cm³/mol. The van der Waals surface area contributed by atoms with Crippen LogP contribution in [0.25, 0.3) is 177 Å². The van der Waals surface area contributed by atoms with Gasteiger partial charge in [-0.3, -0.25) is 0 Å². The molecule has 4 heterocycles. The number of hydrogen-bond donors (Lipinski definition) is 0. The second-order valence-corrected chi connectivity index (χ2v) is 31.5. The lowest BCUT2D eigenvalue weighted by Crippen LogP contribution is -2.10. The summed E-state index contributed by atoms with van der Waals surface area (Å²) in [6.07, 6.45) is 0. The smallest absolute Gasteiger partial charge is 0.161 e. The average Bonchev–Trinajstić information content (AvgIpc) is 1.57. The third-order valence-corrected chi connectivity index (χ3v) is 24.0. The van der Waals surface area contributed by atoms with Crippen molar-refractivity contribution in [3.8, 4) is 112 Å². The van der Waals surface area contributed by atoms with E-state index in [-0.39, 0.29) is 0 Å². The van der Waals surface area contributed by atoms with Crippen LogP contribution in [0.3, 0.4) is 0 Å². The van der Waals surface area contributed by atoms with Crippen molar-refractivity contribution in [3.05, 3.63) is 485 Å². The Balaban J connectivity index is 0.000000148. The Morgan fingerprint density at radius 2 is 0.371 bits per heavy atom. The van der Waals surface area contributed by atoms with Crippen LogP contribution < -0.4 is 9.80 Å². The number of fused-ring (bicyclic) bond motifs is 10. The van der Waals surface area contributed by atoms with Crippen LogP contribution in [0.2, 0.25) is 0 Å². The zero-order chi connectivity index (χ0) is 82.2. The molecule has 0 bridgehead atoms. The lowest BCUT2D eigenvalue weighted by Gasteiger charge is -2.26. The van der Waals surface area contributed by atoms with Crippen LogP contribution in [0.4, 0.5) is 34.1 Å². The SMILES string of the molecule is c1ccc(-c2ccc(-c3ccc(N(c4ccc(-c5ccc(-c6ccccc6)cc5)cc4)c4cccc(-c5cccc6c5oc5c7ccccc7n(-c7ccccc7)c65)c4)cc3)cc2)cc1.c1ccc(-c2ccc(-c3ccc(N(c4ccc(-c5ccccc5)cc4)c4cccc(-c5cccc6c5oc5c7ccccc7n(-c7ccccc7)c65)c4)cc3)cc2)cc1. The fourth-order valence-electron chi connectivity index (χ4n) is 17.9. The van der Waals surface area contributed by atoms with Crippen LogP contribution in [0.1, 0.15) is 0 Å². The van der Waals surface area contributed by atoms with Crippen molar-refractivity contribution < 1.29 is 8.83 Å². The quantitative estimate of drug-likeness (QED) is 0.0911. The molecule has 6 nitrogen and oxygen atoms in total. The first kappa shape index (κ1) is 73.8. The Morgan fingerprint density at radius 1 is 0.153 bits per heavy atom. The van der Waals surface area contributed by atoms with Crippen molar-refractivity contribution in [1.82, 2.24) is 9.13 Å². The third kappa shape index (κ3) is 13.9. The van der Waals surface area contributed by atoms with E-state index in [1.807, 2.05) is 0 Å². The zero-order valence-corrected chi connectivity index (χ0v) is 67.8. The number of hydrogen-bond acceptors (Lipinski definition) is 4. The predicted octanol–water partition coefficient (Wildman–Crippen LogP) is 33.0. The largest absolute Gasteiger partial charge is 0.453 e. The van der Waals surface area contributed by atoms with Gasteiger partial charge in [-0.2, -0.15) is 0 Å². The second kappa shape index (κ2) is 32.3. The fraction of sp³-hybridized carbons (Fsp3) is 0. The van der Waals surface area contributed by atoms with Gasteiger partial charge in [-0.05, 0) is 222 Å². The lowest BCUT2D eigenvalue weighted by molar-refractivity contribution is 0.673. The third-order valence-electron chi connectivity index (χ3n) is 24.0. The van der Waals surface area contributed by atoms with Gasteiger partial charge in [0.25, 0.3) is 0 Å². The minimum atomic E-state index is 0.877. The van der Waals surface area contributed by atoms with Crippen molar-refractivity contribution in [1.29, 1.82) is 0 Å². The van der Waals surface area contributed by atoms with Crippen molar-refractivity contribution in [2.24, 2.45) is 0 Å². The molecule has 6 heteroatoms. The normalized spacial score (nSPS) is 11.4. The standard InChI is InChI=1S/C62H42N2O.C56H38N2O/c1-4-14-43(15-5-1)45-26-30-47(31-27-45)49-34-38-53(39-35-49)63(54-40-36-50(37-41-54)48-32-28-46(29-33-48)44-16-6-2-7-17-44)55-21-12-18-51(42-55)56-23-13-24-58-60-62(65-61(56)58)57-22-10-11-25-59(57)64(60)52-19-8-3-9-20-52;1-4-14-39(15-5-1)41-26-28-42(29-27-41)44-32-36-48(37-33-44)57(47-34-30-43(31-35-47)40-16-6-2-7-17-40)49-21-12-18-45(38-49)50-23-13-24-52-54-56(59-55(50)52)51-22-10-11-25-53(51)58(54)46-19-8-3-9-20-46/h1-42H;1-38H. The summed E-state index contributed by atoms with van der Waals surface area (Å²) in [6.45, 7) is 0. The summed E-state index contributed by atoms with van der Waals surface area (Å²) in [5.41, 5.74) is 37.6. The first-order valence-electron chi connectivity index (χ1n) is 42.2. The number of nitrogens with zero attached hydrogens (tertiary/aromatic N) is 4. The van der Waals surface area contributed by atoms with Gasteiger partial charge in [0.1, 0.15) is 22.2 Å². The monoisotopic (exact) mass is 1580 g/mol. The fourth-order valence-corrected chi connectivity index (χ4v) is 17.9. The zero-order valence-electron chi connectivity index (χ0n) is 67.8. The first-order valence-corrected chi connectivity index (χ1v) is 42.2. The summed E-state index contributed by atoms with van der Waals surface area (Å²) in [5, 5.41) is 4.37. The van der Waals surface area contributed by atoms with E-state index in [9.17, 15) is 0 Å². The van der Waals surface area contributed by atoms with Crippen LogP contribution in [0.5, 0.6) is 0 Å². The topological polar surface area (TPSA) is 42.6 Å². The molecule has 0 atom stereocenters. The second-order valence-electron chi connectivity index (χ2n) is 31.5. The highest BCUT2D eigenvalue weighted by Gasteiger charge is 2.26. The van der Waals surface area contributed by atoms with Gasteiger partial charge in [0, 0.05) is 78.2 Å². The van der Waals surface area contributed by atoms with Gasteiger partial charge in [-0.1, -0.05) is 352 Å². The Morgan fingerprint density at radius 3 is 0.653 bits per heavy atom. The van der Waals surface area contributed by atoms with E-state index in [0.29, 0.717) is 0 Å². The Bertz CT molecular complexity index is 7610. The molecule has 0 saturated carbocycles. The van der Waals surface area contributed by atoms with Crippen LogP contribution in [-0.2, 0) is 0 Å². The molecule has 0 aliphatic rings. The van der Waals surface area contributed by atoms with Gasteiger partial charge in [0.15, 0.2) is 11.2 Å². The molecule has 0 saturated heterocycles. The molecule has 4 aromatic heterocycles. The van der Waals surface area contributed by atoms with E-state index in [2.05, 4.69) is 504 Å². The number of aromatic nitrogens is 2. The summed E-state index contributed by atoms with van der Waals surface area (Å²) >= 11 is 0. The van der Waals surface area contributed by atoms with Crippen LogP contribution in [0.15, 0.2) is 494 Å². The van der Waals surface area contributed by atoms with Gasteiger partial charge in [0.2, 0.25) is 0 Å². The Kier molecular flexibility index (Phi) is 19.2. The first-order chi connectivity index (χ1) is 61.5. The molecule has 0 unspecified atom stereocenters. The van der Waals surface area contributed by atoms with Crippen molar-refractivity contribution >= 4 is 100 Å². The van der Waals surface area contributed by atoms with Crippen LogP contribution >= 0.6 is 0 Å². The van der Waals surface area contributed by atoms with Gasteiger partial charge < -0.3 is 27.8 Å². The minimum Gasteiger partial charge on any atom is -0.453 e. The maximum Gasteiger partial charge on any atom is 0.161 e. The number of anilines is 6. The summed E-state index contributed by atoms with van der Waals surface area (Å²) in [4.78, 5) is 4.69. The van der Waals surface area contributed by atoms with Crippen molar-refractivity contribution in [2.45, 2.75) is 0 Å². The molecule has 19 aromatic carbocycles. The summed E-state index contributed by atoms with van der Waals surface area (Å²) in [5.74, 6) is 0. The van der Waals surface area contributed by atoms with E-state index in [1.165, 1.54) is 77.9 Å². The van der Waals surface area contributed by atoms with E-state index >= 15 is 0 Å². The molecule has 0 spiro atoms. The van der Waals surface area contributed by atoms with Gasteiger partial charge in [0.05, 0.1) is 11.0 Å². The molecular formula is C118H80N4O2. The maximum atomic E-state index is 6.96. The number of para-hydroxylation sites is 6. The lowest BCUT2D eigenvalue weighted by atomic mass is 9.99. The molecule has 0 aliphatic carbocycles. The number of rotatable bonds is 17. The van der Waals surface area contributed by atoms with Crippen molar-refractivity contribution in [3.63, 3.8) is 0 Å². The summed E-state index contributed by atoms with van der Waals surface area (Å²) < 4.78 is 18.6. The van der Waals surface area contributed by atoms with E-state index in [4.69, 9.17) is 8.83 Å². The summed E-state index contributed by atoms with van der Waals surface area (Å²) in [6, 6.07) is 173. The molecule has 0 N–H and O–H groups in total. The molecule has 23 rings (SSSR count). The molecule has 0 amide bonds. The number of benzene rings is 19.